The zero-order chi connectivity index (χ0) is 11.5. The second-order valence-corrected chi connectivity index (χ2v) is 5.07. The van der Waals surface area contributed by atoms with Crippen LogP contribution in [0.1, 0.15) is 31.2 Å². The van der Waals surface area contributed by atoms with Crippen LogP contribution in [0, 0.1) is 6.92 Å². The van der Waals surface area contributed by atoms with Gasteiger partial charge < -0.3 is 11.1 Å². The number of anilines is 1. The van der Waals surface area contributed by atoms with Crippen LogP contribution in [0.2, 0.25) is 5.02 Å². The molecule has 0 saturated heterocycles. The Bertz CT molecular complexity index is 365. The highest BCUT2D eigenvalue weighted by Crippen LogP contribution is 2.24. The van der Waals surface area contributed by atoms with E-state index in [1.807, 2.05) is 19.1 Å². The van der Waals surface area contributed by atoms with Gasteiger partial charge in [-0.3, -0.25) is 0 Å². The quantitative estimate of drug-likeness (QED) is 0.830. The molecular weight excluding hydrogens is 220 g/mol. The zero-order valence-corrected chi connectivity index (χ0v) is 10.4. The third-order valence-electron chi connectivity index (χ3n) is 3.34. The summed E-state index contributed by atoms with van der Waals surface area (Å²) in [4.78, 5) is 0. The molecule has 88 valence electrons. The molecule has 1 aromatic carbocycles. The summed E-state index contributed by atoms with van der Waals surface area (Å²) in [6.45, 7) is 2.01. The molecule has 3 heteroatoms. The smallest absolute Gasteiger partial charge is 0.0455 e. The Morgan fingerprint density at radius 2 is 2.06 bits per heavy atom. The molecule has 0 heterocycles. The molecule has 0 amide bonds. The molecule has 0 aliphatic heterocycles. The van der Waals surface area contributed by atoms with Gasteiger partial charge in [-0.2, -0.15) is 0 Å². The first-order chi connectivity index (χ1) is 7.66. The topological polar surface area (TPSA) is 38.0 Å². The summed E-state index contributed by atoms with van der Waals surface area (Å²) in [5, 5.41) is 4.30. The Balaban J connectivity index is 2.05. The highest BCUT2D eigenvalue weighted by molar-refractivity contribution is 6.31. The molecule has 3 N–H and O–H groups in total. The molecule has 0 aromatic heterocycles. The van der Waals surface area contributed by atoms with Crippen LogP contribution >= 0.6 is 11.6 Å². The van der Waals surface area contributed by atoms with Crippen molar-refractivity contribution in [2.75, 3.05) is 5.32 Å². The second kappa shape index (κ2) is 5.07. The first-order valence-corrected chi connectivity index (χ1v) is 6.33. The molecule has 16 heavy (non-hydrogen) atoms. The number of nitrogens with two attached hydrogens (primary N) is 1. The summed E-state index contributed by atoms with van der Waals surface area (Å²) in [6.07, 6.45) is 4.81. The number of halogens is 1. The predicted octanol–water partition coefficient (Wildman–Crippen LogP) is 3.33. The lowest BCUT2D eigenvalue weighted by Crippen LogP contribution is -2.42. The Morgan fingerprint density at radius 1 is 1.31 bits per heavy atom. The van der Waals surface area contributed by atoms with Gasteiger partial charge in [-0.25, -0.2) is 0 Å². The molecule has 0 spiro atoms. The Labute approximate surface area is 102 Å². The maximum absolute atomic E-state index is 6.10. The minimum absolute atomic E-state index is 0.272. The van der Waals surface area contributed by atoms with Gasteiger partial charge in [-0.15, -0.1) is 0 Å². The number of nitrogens with one attached hydrogen (secondary N) is 1. The van der Waals surface area contributed by atoms with E-state index in [-0.39, 0.29) is 6.04 Å². The van der Waals surface area contributed by atoms with Crippen LogP contribution < -0.4 is 11.1 Å². The predicted molar refractivity (Wildman–Crippen MR) is 70.0 cm³/mol. The van der Waals surface area contributed by atoms with E-state index in [0.717, 1.165) is 29.1 Å². The molecule has 1 aliphatic carbocycles. The zero-order valence-electron chi connectivity index (χ0n) is 9.67. The van der Waals surface area contributed by atoms with E-state index in [4.69, 9.17) is 17.3 Å². The molecule has 1 fully saturated rings. The fourth-order valence-electron chi connectivity index (χ4n) is 2.24. The highest BCUT2D eigenvalue weighted by atomic mass is 35.5. The third kappa shape index (κ3) is 2.69. The highest BCUT2D eigenvalue weighted by Gasteiger charge is 2.21. The van der Waals surface area contributed by atoms with Gasteiger partial charge in [0.2, 0.25) is 0 Å². The van der Waals surface area contributed by atoms with Crippen molar-refractivity contribution in [2.45, 2.75) is 44.7 Å². The average molecular weight is 239 g/mol. The maximum atomic E-state index is 6.10. The standard InChI is InChI=1S/C13H19ClN2/c1-9-6-7-10(8-11(9)14)16-13-5-3-2-4-12(13)15/h6-8,12-13,16H,2-5,15H2,1H3/t12-,13-/m1/s1. The van der Waals surface area contributed by atoms with Crippen LogP contribution in [0.25, 0.3) is 0 Å². The van der Waals surface area contributed by atoms with Crippen molar-refractivity contribution in [3.63, 3.8) is 0 Å². The molecule has 1 aliphatic rings. The van der Waals surface area contributed by atoms with E-state index in [2.05, 4.69) is 11.4 Å². The van der Waals surface area contributed by atoms with E-state index in [9.17, 15) is 0 Å². The molecule has 0 bridgehead atoms. The number of aryl methyl sites for hydroxylation is 1. The first kappa shape index (κ1) is 11.7. The molecule has 1 aromatic rings. The minimum atomic E-state index is 0.272. The second-order valence-electron chi connectivity index (χ2n) is 4.66. The molecule has 2 atom stereocenters. The van der Waals surface area contributed by atoms with E-state index in [0.29, 0.717) is 6.04 Å². The Hall–Kier alpha value is -0.730. The van der Waals surface area contributed by atoms with Crippen molar-refractivity contribution in [1.82, 2.24) is 0 Å². The van der Waals surface area contributed by atoms with E-state index < -0.39 is 0 Å². The molecule has 0 radical (unpaired) electrons. The maximum Gasteiger partial charge on any atom is 0.0455 e. The largest absolute Gasteiger partial charge is 0.381 e. The summed E-state index contributed by atoms with van der Waals surface area (Å²) in [6, 6.07) is 6.76. The summed E-state index contributed by atoms with van der Waals surface area (Å²) in [5.41, 5.74) is 8.29. The SMILES string of the molecule is Cc1ccc(N[C@@H]2CCCC[C@H]2N)cc1Cl. The molecule has 2 nitrogen and oxygen atoms in total. The first-order valence-electron chi connectivity index (χ1n) is 5.95. The van der Waals surface area contributed by atoms with Crippen molar-refractivity contribution < 1.29 is 0 Å². The van der Waals surface area contributed by atoms with E-state index in [1.54, 1.807) is 0 Å². The Kier molecular flexibility index (Phi) is 3.72. The van der Waals surface area contributed by atoms with Gasteiger partial charge in [-0.05, 0) is 37.5 Å². The van der Waals surface area contributed by atoms with Crippen molar-refractivity contribution in [3.05, 3.63) is 28.8 Å². The fourth-order valence-corrected chi connectivity index (χ4v) is 2.42. The summed E-state index contributed by atoms with van der Waals surface area (Å²) < 4.78 is 0. The summed E-state index contributed by atoms with van der Waals surface area (Å²) in [5.74, 6) is 0. The van der Waals surface area contributed by atoms with Gasteiger partial charge in [0.1, 0.15) is 0 Å². The monoisotopic (exact) mass is 238 g/mol. The van der Waals surface area contributed by atoms with Crippen molar-refractivity contribution >= 4 is 17.3 Å². The van der Waals surface area contributed by atoms with Crippen molar-refractivity contribution in [1.29, 1.82) is 0 Å². The van der Waals surface area contributed by atoms with Gasteiger partial charge in [0.15, 0.2) is 0 Å². The minimum Gasteiger partial charge on any atom is -0.381 e. The Morgan fingerprint density at radius 3 is 2.75 bits per heavy atom. The van der Waals surface area contributed by atoms with Crippen LogP contribution in [0.15, 0.2) is 18.2 Å². The number of hydrogen-bond acceptors (Lipinski definition) is 2. The lowest BCUT2D eigenvalue weighted by Gasteiger charge is -2.30. The number of benzene rings is 1. The van der Waals surface area contributed by atoms with Gasteiger partial charge in [0.05, 0.1) is 0 Å². The number of rotatable bonds is 2. The van der Waals surface area contributed by atoms with Crippen LogP contribution in [-0.4, -0.2) is 12.1 Å². The van der Waals surface area contributed by atoms with Crippen molar-refractivity contribution in [2.24, 2.45) is 5.73 Å². The molecule has 1 saturated carbocycles. The van der Waals surface area contributed by atoms with Gasteiger partial charge >= 0.3 is 0 Å². The third-order valence-corrected chi connectivity index (χ3v) is 3.75. The normalized spacial score (nSPS) is 25.4. The molecular formula is C13H19ClN2. The summed E-state index contributed by atoms with van der Waals surface area (Å²) in [7, 11) is 0. The van der Waals surface area contributed by atoms with E-state index >= 15 is 0 Å². The van der Waals surface area contributed by atoms with Gasteiger partial charge in [0, 0.05) is 22.8 Å². The molecule has 2 rings (SSSR count). The lowest BCUT2D eigenvalue weighted by atomic mass is 9.91. The lowest BCUT2D eigenvalue weighted by molar-refractivity contribution is 0.404. The van der Waals surface area contributed by atoms with Gasteiger partial charge in [-0.1, -0.05) is 30.5 Å². The van der Waals surface area contributed by atoms with Crippen LogP contribution in [0.5, 0.6) is 0 Å². The summed E-state index contributed by atoms with van der Waals surface area (Å²) >= 11 is 6.10. The van der Waals surface area contributed by atoms with Crippen LogP contribution in [0.4, 0.5) is 5.69 Å². The van der Waals surface area contributed by atoms with E-state index in [1.165, 1.54) is 12.8 Å². The molecule has 0 unspecified atom stereocenters. The fraction of sp³-hybridized carbons (Fsp3) is 0.538. The van der Waals surface area contributed by atoms with Gasteiger partial charge in [0.25, 0.3) is 0 Å². The number of hydrogen-bond donors (Lipinski definition) is 2. The van der Waals surface area contributed by atoms with Crippen molar-refractivity contribution in [3.8, 4) is 0 Å². The van der Waals surface area contributed by atoms with Crippen LogP contribution in [-0.2, 0) is 0 Å². The van der Waals surface area contributed by atoms with Crippen LogP contribution in [0.3, 0.4) is 0 Å². The average Bonchev–Trinajstić information content (AvgIpc) is 2.27.